The van der Waals surface area contributed by atoms with Crippen LogP contribution in [0.5, 0.6) is 0 Å². The van der Waals surface area contributed by atoms with E-state index in [1.807, 2.05) is 37.3 Å². The molecule has 2 rings (SSSR count). The van der Waals surface area contributed by atoms with Gasteiger partial charge in [0.2, 0.25) is 0 Å². The number of rotatable bonds is 3. The highest BCUT2D eigenvalue weighted by Gasteiger charge is 2.44. The number of cyclic esters (lactones) is 1. The highest BCUT2D eigenvalue weighted by Crippen LogP contribution is 2.30. The van der Waals surface area contributed by atoms with E-state index in [1.54, 1.807) is 6.92 Å². The lowest BCUT2D eigenvalue weighted by atomic mass is 9.91. The molecule has 0 saturated carbocycles. The summed E-state index contributed by atoms with van der Waals surface area (Å²) in [6, 6.07) is 9.23. The molecule has 1 aromatic carbocycles. The van der Waals surface area contributed by atoms with E-state index in [0.29, 0.717) is 6.42 Å². The first-order chi connectivity index (χ1) is 8.60. The number of aliphatic hydroxyl groups excluding tert-OH is 1. The lowest BCUT2D eigenvalue weighted by Gasteiger charge is -2.41. The molecule has 1 heterocycles. The molecule has 1 saturated heterocycles. The molecule has 0 amide bonds. The van der Waals surface area contributed by atoms with Crippen molar-refractivity contribution in [3.05, 3.63) is 35.9 Å². The number of ether oxygens (including phenoxy) is 1. The Morgan fingerprint density at radius 1 is 1.39 bits per heavy atom. The van der Waals surface area contributed by atoms with E-state index in [0.717, 1.165) is 5.56 Å². The third kappa shape index (κ3) is 2.26. The Morgan fingerprint density at radius 3 is 2.61 bits per heavy atom. The average Bonchev–Trinajstić information content (AvgIpc) is 2.42. The second-order valence-corrected chi connectivity index (χ2v) is 4.86. The van der Waals surface area contributed by atoms with Gasteiger partial charge in [0, 0.05) is 0 Å². The second-order valence-electron chi connectivity index (χ2n) is 4.86. The minimum Gasteiger partial charge on any atom is -0.454 e. The molecule has 0 unspecified atom stereocenters. The van der Waals surface area contributed by atoms with Gasteiger partial charge in [-0.25, -0.2) is 0 Å². The van der Waals surface area contributed by atoms with Crippen LogP contribution in [0.3, 0.4) is 0 Å². The molecule has 2 N–H and O–H groups in total. The van der Waals surface area contributed by atoms with Crippen molar-refractivity contribution in [1.82, 2.24) is 5.32 Å². The van der Waals surface area contributed by atoms with Crippen molar-refractivity contribution in [1.29, 1.82) is 0 Å². The quantitative estimate of drug-likeness (QED) is 0.795. The van der Waals surface area contributed by atoms with Crippen LogP contribution in [0.1, 0.15) is 31.9 Å². The van der Waals surface area contributed by atoms with Crippen LogP contribution in [0.25, 0.3) is 0 Å². The van der Waals surface area contributed by atoms with Gasteiger partial charge in [0.25, 0.3) is 0 Å². The summed E-state index contributed by atoms with van der Waals surface area (Å²) >= 11 is 0. The molecule has 4 heteroatoms. The SMILES string of the molecule is CC[C@]1(C)N[C@@H](CO)[C@H](c2ccccc2)OC1=O. The predicted molar refractivity (Wildman–Crippen MR) is 68.0 cm³/mol. The summed E-state index contributed by atoms with van der Waals surface area (Å²) in [6.45, 7) is 3.66. The summed E-state index contributed by atoms with van der Waals surface area (Å²) in [4.78, 5) is 12.0. The number of benzene rings is 1. The zero-order chi connectivity index (χ0) is 13.2. The lowest BCUT2D eigenvalue weighted by molar-refractivity contribution is -0.169. The molecule has 0 aromatic heterocycles. The molecule has 0 radical (unpaired) electrons. The van der Waals surface area contributed by atoms with Crippen molar-refractivity contribution < 1.29 is 14.6 Å². The largest absolute Gasteiger partial charge is 0.454 e. The molecule has 0 aliphatic carbocycles. The predicted octanol–water partition coefficient (Wildman–Crippen LogP) is 1.40. The van der Waals surface area contributed by atoms with E-state index in [9.17, 15) is 9.90 Å². The van der Waals surface area contributed by atoms with Crippen LogP contribution in [0, 0.1) is 0 Å². The van der Waals surface area contributed by atoms with Crippen LogP contribution in [0.4, 0.5) is 0 Å². The van der Waals surface area contributed by atoms with Gasteiger partial charge < -0.3 is 9.84 Å². The highest BCUT2D eigenvalue weighted by molar-refractivity contribution is 5.81. The Hall–Kier alpha value is -1.39. The molecule has 0 spiro atoms. The van der Waals surface area contributed by atoms with Crippen LogP contribution in [-0.2, 0) is 9.53 Å². The van der Waals surface area contributed by atoms with Crippen LogP contribution in [-0.4, -0.2) is 29.3 Å². The van der Waals surface area contributed by atoms with Crippen LogP contribution < -0.4 is 5.32 Å². The van der Waals surface area contributed by atoms with E-state index in [1.165, 1.54) is 0 Å². The number of carbonyl (C=O) groups excluding carboxylic acids is 1. The topological polar surface area (TPSA) is 58.6 Å². The first-order valence-corrected chi connectivity index (χ1v) is 6.25. The van der Waals surface area contributed by atoms with Crippen molar-refractivity contribution in [2.24, 2.45) is 0 Å². The number of hydrogen-bond acceptors (Lipinski definition) is 4. The fourth-order valence-corrected chi connectivity index (χ4v) is 2.20. The lowest BCUT2D eigenvalue weighted by Crippen LogP contribution is -2.62. The smallest absolute Gasteiger partial charge is 0.326 e. The Morgan fingerprint density at radius 2 is 2.06 bits per heavy atom. The zero-order valence-corrected chi connectivity index (χ0v) is 10.7. The van der Waals surface area contributed by atoms with Gasteiger partial charge in [-0.15, -0.1) is 0 Å². The third-order valence-corrected chi connectivity index (χ3v) is 3.59. The Labute approximate surface area is 107 Å². The van der Waals surface area contributed by atoms with E-state index in [2.05, 4.69) is 5.32 Å². The van der Waals surface area contributed by atoms with E-state index >= 15 is 0 Å². The van der Waals surface area contributed by atoms with Gasteiger partial charge in [-0.2, -0.15) is 0 Å². The molecule has 1 aromatic rings. The third-order valence-electron chi connectivity index (χ3n) is 3.59. The number of nitrogens with one attached hydrogen (secondary N) is 1. The van der Waals surface area contributed by atoms with Crippen LogP contribution in [0.2, 0.25) is 0 Å². The number of esters is 1. The van der Waals surface area contributed by atoms with Crippen molar-refractivity contribution >= 4 is 5.97 Å². The summed E-state index contributed by atoms with van der Waals surface area (Å²) in [5.41, 5.74) is 0.189. The molecule has 0 bridgehead atoms. The van der Waals surface area contributed by atoms with Crippen molar-refractivity contribution in [3.63, 3.8) is 0 Å². The molecular weight excluding hydrogens is 230 g/mol. The maximum absolute atomic E-state index is 12.0. The molecular formula is C14H19NO3. The minimum absolute atomic E-state index is 0.0670. The van der Waals surface area contributed by atoms with Crippen molar-refractivity contribution in [2.45, 2.75) is 38.0 Å². The summed E-state index contributed by atoms with van der Waals surface area (Å²) in [5.74, 6) is -0.261. The monoisotopic (exact) mass is 249 g/mol. The van der Waals surface area contributed by atoms with Crippen LogP contribution >= 0.6 is 0 Å². The highest BCUT2D eigenvalue weighted by atomic mass is 16.6. The number of carbonyl (C=O) groups is 1. The van der Waals surface area contributed by atoms with Crippen LogP contribution in [0.15, 0.2) is 30.3 Å². The van der Waals surface area contributed by atoms with Gasteiger partial charge in [-0.05, 0) is 18.9 Å². The molecule has 1 aliphatic heterocycles. The molecule has 98 valence electrons. The Kier molecular flexibility index (Phi) is 3.68. The number of morpholine rings is 1. The standard InChI is InChI=1S/C14H19NO3/c1-3-14(2)13(17)18-12(11(9-16)15-14)10-7-5-4-6-8-10/h4-8,11-12,15-16H,3,9H2,1-2H3/t11-,12-,14-/m0/s1. The fraction of sp³-hybridized carbons (Fsp3) is 0.500. The van der Waals surface area contributed by atoms with E-state index < -0.39 is 11.6 Å². The molecule has 4 nitrogen and oxygen atoms in total. The van der Waals surface area contributed by atoms with Gasteiger partial charge in [0.15, 0.2) is 0 Å². The molecule has 3 atom stereocenters. The minimum atomic E-state index is -0.710. The van der Waals surface area contributed by atoms with Gasteiger partial charge in [0.1, 0.15) is 11.6 Å². The first-order valence-electron chi connectivity index (χ1n) is 6.25. The normalized spacial score (nSPS) is 32.1. The van der Waals surface area contributed by atoms with Crippen molar-refractivity contribution in [3.8, 4) is 0 Å². The van der Waals surface area contributed by atoms with Gasteiger partial charge in [0.05, 0.1) is 12.6 Å². The second kappa shape index (κ2) is 5.08. The van der Waals surface area contributed by atoms with Gasteiger partial charge >= 0.3 is 5.97 Å². The fourth-order valence-electron chi connectivity index (χ4n) is 2.20. The average molecular weight is 249 g/mol. The summed E-state index contributed by atoms with van der Waals surface area (Å²) in [5, 5.41) is 12.7. The first kappa shape index (κ1) is 13.1. The molecule has 18 heavy (non-hydrogen) atoms. The summed E-state index contributed by atoms with van der Waals surface area (Å²) in [6.07, 6.45) is 0.201. The van der Waals surface area contributed by atoms with E-state index in [-0.39, 0.29) is 18.6 Å². The number of aliphatic hydroxyl groups is 1. The van der Waals surface area contributed by atoms with Gasteiger partial charge in [-0.1, -0.05) is 37.3 Å². The molecule has 1 fully saturated rings. The molecule has 1 aliphatic rings. The van der Waals surface area contributed by atoms with Crippen molar-refractivity contribution in [2.75, 3.05) is 6.61 Å². The maximum atomic E-state index is 12.0. The Bertz CT molecular complexity index is 420. The summed E-state index contributed by atoms with van der Waals surface area (Å²) in [7, 11) is 0. The Balaban J connectivity index is 2.26. The summed E-state index contributed by atoms with van der Waals surface area (Å²) < 4.78 is 5.52. The number of hydrogen-bond donors (Lipinski definition) is 2. The maximum Gasteiger partial charge on any atom is 0.326 e. The van der Waals surface area contributed by atoms with Gasteiger partial charge in [-0.3, -0.25) is 10.1 Å². The van der Waals surface area contributed by atoms with E-state index in [4.69, 9.17) is 4.74 Å². The zero-order valence-electron chi connectivity index (χ0n) is 10.7.